The number of benzene rings is 1. The van der Waals surface area contributed by atoms with Gasteiger partial charge in [0.1, 0.15) is 19.8 Å². The van der Waals surface area contributed by atoms with E-state index in [4.69, 9.17) is 19.3 Å². The fraction of sp³-hybridized carbons (Fsp3) is 0.375. The normalized spacial score (nSPS) is 9.77. The first-order valence-electron chi connectivity index (χ1n) is 6.85. The van der Waals surface area contributed by atoms with E-state index in [1.165, 1.54) is 12.1 Å². The molecule has 0 aliphatic heterocycles. The molecule has 1 aromatic rings. The molecule has 1 aromatic carbocycles. The molecule has 6 nitrogen and oxygen atoms in total. The summed E-state index contributed by atoms with van der Waals surface area (Å²) >= 11 is 0. The first kappa shape index (κ1) is 17.7. The molecule has 0 bridgehead atoms. The predicted molar refractivity (Wildman–Crippen MR) is 79.5 cm³/mol. The Labute approximate surface area is 129 Å². The third kappa shape index (κ3) is 5.97. The molecule has 0 heterocycles. The Morgan fingerprint density at radius 3 is 2.05 bits per heavy atom. The van der Waals surface area contributed by atoms with Gasteiger partial charge in [-0.05, 0) is 31.6 Å². The minimum Gasteiger partial charge on any atom is -0.498 e. The van der Waals surface area contributed by atoms with Crippen LogP contribution in [0.1, 0.15) is 34.6 Å². The van der Waals surface area contributed by atoms with Crippen molar-refractivity contribution in [2.75, 3.05) is 26.4 Å². The van der Waals surface area contributed by atoms with Crippen LogP contribution in [0.5, 0.6) is 0 Å². The minimum absolute atomic E-state index is 0.0721. The van der Waals surface area contributed by atoms with E-state index in [9.17, 15) is 9.59 Å². The summed E-state index contributed by atoms with van der Waals surface area (Å²) < 4.78 is 15.0. The summed E-state index contributed by atoms with van der Waals surface area (Å²) in [6.45, 7) is 3.68. The van der Waals surface area contributed by atoms with E-state index in [1.807, 2.05) is 13.8 Å². The number of carbonyl (C=O) groups is 2. The Kier molecular flexibility index (Phi) is 7.70. The molecule has 6 heteroatoms. The lowest BCUT2D eigenvalue weighted by Crippen LogP contribution is -2.16. The number of rotatable bonds is 8. The third-order valence-electron chi connectivity index (χ3n) is 2.44. The number of ether oxygens (including phenoxy) is 3. The number of allylic oxidation sites excluding steroid dienone is 1. The van der Waals surface area contributed by atoms with E-state index in [2.05, 4.69) is 0 Å². The highest BCUT2D eigenvalue weighted by atomic mass is 16.6. The molecule has 1 rings (SSSR count). The van der Waals surface area contributed by atoms with Gasteiger partial charge in [0.2, 0.25) is 0 Å². The molecule has 0 aromatic heterocycles. The fourth-order valence-electron chi connectivity index (χ4n) is 1.54. The van der Waals surface area contributed by atoms with Crippen LogP contribution >= 0.6 is 0 Å². The van der Waals surface area contributed by atoms with E-state index in [-0.39, 0.29) is 37.6 Å². The summed E-state index contributed by atoms with van der Waals surface area (Å²) in [5.41, 5.74) is 1.22. The van der Waals surface area contributed by atoms with Crippen molar-refractivity contribution in [1.29, 1.82) is 0 Å². The number of aliphatic hydroxyl groups is 1. The Balaban J connectivity index is 2.61. The van der Waals surface area contributed by atoms with E-state index in [0.717, 1.165) is 5.57 Å². The molecule has 0 saturated carbocycles. The van der Waals surface area contributed by atoms with Crippen LogP contribution in [0.3, 0.4) is 0 Å². The second-order valence-electron chi connectivity index (χ2n) is 4.61. The monoisotopic (exact) mass is 308 g/mol. The van der Waals surface area contributed by atoms with Crippen molar-refractivity contribution >= 4 is 11.9 Å². The van der Waals surface area contributed by atoms with Crippen LogP contribution in [0.15, 0.2) is 36.1 Å². The highest BCUT2D eigenvalue weighted by Crippen LogP contribution is 2.12. The molecule has 1 N–H and O–H groups in total. The van der Waals surface area contributed by atoms with Gasteiger partial charge in [0.05, 0.1) is 24.0 Å². The Morgan fingerprint density at radius 2 is 1.55 bits per heavy atom. The van der Waals surface area contributed by atoms with Crippen molar-refractivity contribution in [3.05, 3.63) is 47.2 Å². The summed E-state index contributed by atoms with van der Waals surface area (Å²) in [6.07, 6.45) is 1.58. The van der Waals surface area contributed by atoms with Gasteiger partial charge in [-0.25, -0.2) is 9.59 Å². The predicted octanol–water partition coefficient (Wildman–Crippen LogP) is 1.93. The Bertz CT molecular complexity index is 531. The number of aliphatic hydroxyl groups excluding tert-OH is 1. The smallest absolute Gasteiger partial charge is 0.339 e. The lowest BCUT2D eigenvalue weighted by atomic mass is 10.1. The largest absolute Gasteiger partial charge is 0.498 e. The van der Waals surface area contributed by atoms with Gasteiger partial charge >= 0.3 is 11.9 Å². The molecule has 0 saturated heterocycles. The average Bonchev–Trinajstić information content (AvgIpc) is 2.51. The van der Waals surface area contributed by atoms with Crippen LogP contribution < -0.4 is 0 Å². The molecule has 120 valence electrons. The first-order chi connectivity index (χ1) is 10.6. The zero-order valence-electron chi connectivity index (χ0n) is 12.7. The highest BCUT2D eigenvalue weighted by molar-refractivity contribution is 6.03. The van der Waals surface area contributed by atoms with Crippen LogP contribution in [0, 0.1) is 0 Å². The quantitative estimate of drug-likeness (QED) is 0.449. The van der Waals surface area contributed by atoms with Crippen LogP contribution in [0.2, 0.25) is 0 Å². The van der Waals surface area contributed by atoms with Crippen LogP contribution in [-0.4, -0.2) is 43.5 Å². The van der Waals surface area contributed by atoms with E-state index < -0.39 is 11.9 Å². The van der Waals surface area contributed by atoms with Crippen LogP contribution in [0.25, 0.3) is 0 Å². The molecule has 0 spiro atoms. The summed E-state index contributed by atoms with van der Waals surface area (Å²) in [5, 5.41) is 8.66. The summed E-state index contributed by atoms with van der Waals surface area (Å²) in [7, 11) is 0. The van der Waals surface area contributed by atoms with Crippen molar-refractivity contribution in [3.8, 4) is 0 Å². The summed E-state index contributed by atoms with van der Waals surface area (Å²) in [5.74, 6) is -1.31. The van der Waals surface area contributed by atoms with Gasteiger partial charge in [-0.15, -0.1) is 0 Å². The topological polar surface area (TPSA) is 82.1 Å². The van der Waals surface area contributed by atoms with Crippen LogP contribution in [-0.2, 0) is 14.2 Å². The number of hydrogen-bond acceptors (Lipinski definition) is 6. The summed E-state index contributed by atoms with van der Waals surface area (Å²) in [6, 6.07) is 6.19. The Morgan fingerprint density at radius 1 is 1.00 bits per heavy atom. The highest BCUT2D eigenvalue weighted by Gasteiger charge is 2.18. The number of carbonyl (C=O) groups excluding carboxylic acids is 2. The average molecular weight is 308 g/mol. The molecular formula is C16H20O6. The minimum atomic E-state index is -0.678. The molecule has 0 amide bonds. The van der Waals surface area contributed by atoms with Crippen molar-refractivity contribution in [2.45, 2.75) is 13.8 Å². The van der Waals surface area contributed by atoms with E-state index in [1.54, 1.807) is 18.4 Å². The Hall–Kier alpha value is -2.34. The van der Waals surface area contributed by atoms with E-state index >= 15 is 0 Å². The lowest BCUT2D eigenvalue weighted by molar-refractivity contribution is 0.0382. The molecule has 0 radical (unpaired) electrons. The molecule has 0 atom stereocenters. The number of esters is 2. The van der Waals surface area contributed by atoms with Gasteiger partial charge in [-0.3, -0.25) is 0 Å². The molecule has 0 unspecified atom stereocenters. The maximum Gasteiger partial charge on any atom is 0.339 e. The van der Waals surface area contributed by atoms with Gasteiger partial charge in [0.25, 0.3) is 0 Å². The molecule has 0 aliphatic rings. The second-order valence-corrected chi connectivity index (χ2v) is 4.61. The van der Waals surface area contributed by atoms with Gasteiger partial charge in [0, 0.05) is 0 Å². The summed E-state index contributed by atoms with van der Waals surface area (Å²) in [4.78, 5) is 23.8. The van der Waals surface area contributed by atoms with Crippen molar-refractivity contribution in [1.82, 2.24) is 0 Å². The SMILES string of the molecule is CC(C)=COCCOC(=O)c1ccccc1C(=O)OCCO. The second kappa shape index (κ2) is 9.57. The maximum atomic E-state index is 12.0. The van der Waals surface area contributed by atoms with Gasteiger partial charge in [-0.1, -0.05) is 12.1 Å². The van der Waals surface area contributed by atoms with Crippen LogP contribution in [0.4, 0.5) is 0 Å². The molecule has 0 fully saturated rings. The van der Waals surface area contributed by atoms with Gasteiger partial charge in [0.15, 0.2) is 0 Å². The standard InChI is InChI=1S/C16H20O6/c1-12(2)11-20-9-10-22-16(19)14-6-4-3-5-13(14)15(18)21-8-7-17/h3-6,11,17H,7-10H2,1-2H3. The van der Waals surface area contributed by atoms with Crippen molar-refractivity contribution in [3.63, 3.8) is 0 Å². The van der Waals surface area contributed by atoms with E-state index in [0.29, 0.717) is 0 Å². The molecule has 22 heavy (non-hydrogen) atoms. The lowest BCUT2D eigenvalue weighted by Gasteiger charge is -2.09. The van der Waals surface area contributed by atoms with Crippen molar-refractivity contribution in [2.24, 2.45) is 0 Å². The fourth-order valence-corrected chi connectivity index (χ4v) is 1.54. The molecule has 0 aliphatic carbocycles. The first-order valence-corrected chi connectivity index (χ1v) is 6.85. The third-order valence-corrected chi connectivity index (χ3v) is 2.44. The van der Waals surface area contributed by atoms with Crippen molar-refractivity contribution < 1.29 is 28.9 Å². The molecular weight excluding hydrogens is 288 g/mol. The zero-order valence-corrected chi connectivity index (χ0v) is 12.7. The van der Waals surface area contributed by atoms with Gasteiger partial charge in [-0.2, -0.15) is 0 Å². The van der Waals surface area contributed by atoms with Gasteiger partial charge < -0.3 is 19.3 Å². The zero-order chi connectivity index (χ0) is 16.4. The number of hydrogen-bond donors (Lipinski definition) is 1. The maximum absolute atomic E-state index is 12.0.